The van der Waals surface area contributed by atoms with Crippen LogP contribution in [0.15, 0.2) is 72.3 Å². The Labute approximate surface area is 171 Å². The molecular formula is C24H33NO2Si. The molecule has 0 fully saturated rings. The average molecular weight is 396 g/mol. The highest BCUT2D eigenvalue weighted by molar-refractivity contribution is 6.99. The lowest BCUT2D eigenvalue weighted by Gasteiger charge is -2.43. The maximum Gasteiger partial charge on any atom is 0.261 e. The first-order valence-electron chi connectivity index (χ1n) is 9.86. The first-order valence-corrected chi connectivity index (χ1v) is 11.8. The van der Waals surface area contributed by atoms with Gasteiger partial charge in [0.2, 0.25) is 5.91 Å². The summed E-state index contributed by atoms with van der Waals surface area (Å²) in [6.45, 7) is 13.0. The summed E-state index contributed by atoms with van der Waals surface area (Å²) in [4.78, 5) is 11.3. The van der Waals surface area contributed by atoms with E-state index in [9.17, 15) is 4.79 Å². The lowest BCUT2D eigenvalue weighted by Crippen LogP contribution is -2.66. The minimum atomic E-state index is -2.52. The van der Waals surface area contributed by atoms with Crippen molar-refractivity contribution in [2.75, 3.05) is 6.61 Å². The molecular weight excluding hydrogens is 362 g/mol. The van der Waals surface area contributed by atoms with Crippen molar-refractivity contribution in [1.29, 1.82) is 0 Å². The number of nitrogens with one attached hydrogen (secondary N) is 1. The third-order valence-electron chi connectivity index (χ3n) is 4.90. The van der Waals surface area contributed by atoms with Crippen LogP contribution < -0.4 is 15.7 Å². The molecule has 1 atom stereocenters. The molecule has 28 heavy (non-hydrogen) atoms. The van der Waals surface area contributed by atoms with E-state index in [0.717, 1.165) is 5.57 Å². The minimum absolute atomic E-state index is 0.0137. The largest absolute Gasteiger partial charge is 0.403 e. The molecule has 2 aromatic carbocycles. The molecule has 0 radical (unpaired) electrons. The first-order chi connectivity index (χ1) is 13.2. The third kappa shape index (κ3) is 5.21. The number of rotatable bonds is 7. The predicted octanol–water partition coefficient (Wildman–Crippen LogP) is 4.03. The van der Waals surface area contributed by atoms with E-state index in [4.69, 9.17) is 4.43 Å². The Balaban J connectivity index is 2.45. The highest BCUT2D eigenvalue weighted by atomic mass is 28.4. The van der Waals surface area contributed by atoms with Gasteiger partial charge in [-0.15, -0.1) is 0 Å². The van der Waals surface area contributed by atoms with Gasteiger partial charge in [-0.25, -0.2) is 0 Å². The molecule has 150 valence electrons. The SMILES string of the molecule is CC(=O)N[C@@H](C)/C=C(/C)CO[Si](c1ccccc1)(c1ccccc1)C(C)(C)C. The monoisotopic (exact) mass is 395 g/mol. The van der Waals surface area contributed by atoms with E-state index in [-0.39, 0.29) is 17.0 Å². The summed E-state index contributed by atoms with van der Waals surface area (Å²) in [7, 11) is -2.52. The van der Waals surface area contributed by atoms with Gasteiger partial charge in [-0.3, -0.25) is 4.79 Å². The third-order valence-corrected chi connectivity index (χ3v) is 9.88. The molecule has 0 bridgehead atoms. The zero-order valence-corrected chi connectivity index (χ0v) is 19.0. The van der Waals surface area contributed by atoms with E-state index in [2.05, 4.69) is 99.8 Å². The topological polar surface area (TPSA) is 38.3 Å². The van der Waals surface area contributed by atoms with Crippen molar-refractivity contribution in [3.63, 3.8) is 0 Å². The van der Waals surface area contributed by atoms with Crippen molar-refractivity contribution in [3.05, 3.63) is 72.3 Å². The number of carbonyl (C=O) groups is 1. The van der Waals surface area contributed by atoms with Crippen LogP contribution in [0.2, 0.25) is 5.04 Å². The minimum Gasteiger partial charge on any atom is -0.403 e. The predicted molar refractivity (Wildman–Crippen MR) is 121 cm³/mol. The Bertz CT molecular complexity index is 755. The van der Waals surface area contributed by atoms with Crippen LogP contribution in [0, 0.1) is 0 Å². The lowest BCUT2D eigenvalue weighted by atomic mass is 10.2. The van der Waals surface area contributed by atoms with Crippen LogP contribution in [0.4, 0.5) is 0 Å². The summed E-state index contributed by atoms with van der Waals surface area (Å²) >= 11 is 0. The summed E-state index contributed by atoms with van der Waals surface area (Å²) in [5.41, 5.74) is 1.12. The van der Waals surface area contributed by atoms with Crippen LogP contribution >= 0.6 is 0 Å². The van der Waals surface area contributed by atoms with E-state index < -0.39 is 8.32 Å². The Hall–Kier alpha value is -2.17. The van der Waals surface area contributed by atoms with Gasteiger partial charge >= 0.3 is 0 Å². The summed E-state index contributed by atoms with van der Waals surface area (Å²) in [5, 5.41) is 5.41. The molecule has 0 saturated carbocycles. The Morgan fingerprint density at radius 1 is 1.00 bits per heavy atom. The fourth-order valence-electron chi connectivity index (χ4n) is 3.82. The molecule has 1 N–H and O–H groups in total. The van der Waals surface area contributed by atoms with Gasteiger partial charge in [-0.1, -0.05) is 93.1 Å². The zero-order chi connectivity index (χ0) is 20.8. The average Bonchev–Trinajstić information content (AvgIpc) is 2.62. The normalized spacial score (nSPS) is 13.9. The van der Waals surface area contributed by atoms with Gasteiger partial charge in [-0.05, 0) is 29.3 Å². The zero-order valence-electron chi connectivity index (χ0n) is 18.0. The molecule has 0 spiro atoms. The molecule has 2 aromatic rings. The second-order valence-electron chi connectivity index (χ2n) is 8.45. The van der Waals surface area contributed by atoms with Gasteiger partial charge in [0.25, 0.3) is 8.32 Å². The molecule has 0 aromatic heterocycles. The first kappa shape index (κ1) is 22.1. The summed E-state index contributed by atoms with van der Waals surface area (Å²) in [5.74, 6) is -0.0237. The molecule has 0 heterocycles. The fraction of sp³-hybridized carbons (Fsp3) is 0.375. The van der Waals surface area contributed by atoms with E-state index in [0.29, 0.717) is 6.61 Å². The van der Waals surface area contributed by atoms with Crippen LogP contribution in [0.5, 0.6) is 0 Å². The molecule has 0 saturated heterocycles. The highest BCUT2D eigenvalue weighted by Gasteiger charge is 2.50. The van der Waals surface area contributed by atoms with Crippen LogP contribution in [0.1, 0.15) is 41.5 Å². The quantitative estimate of drug-likeness (QED) is 0.568. The van der Waals surface area contributed by atoms with Gasteiger partial charge in [-0.2, -0.15) is 0 Å². The van der Waals surface area contributed by atoms with E-state index in [1.165, 1.54) is 10.4 Å². The molecule has 0 aliphatic heterocycles. The van der Waals surface area contributed by atoms with Crippen molar-refractivity contribution < 1.29 is 9.22 Å². The second-order valence-corrected chi connectivity index (χ2v) is 12.8. The second kappa shape index (κ2) is 9.35. The maximum atomic E-state index is 11.3. The molecule has 4 heteroatoms. The fourth-order valence-corrected chi connectivity index (χ4v) is 8.42. The molecule has 0 aliphatic rings. The smallest absolute Gasteiger partial charge is 0.261 e. The maximum absolute atomic E-state index is 11.3. The number of hydrogen-bond acceptors (Lipinski definition) is 2. The molecule has 0 aliphatic carbocycles. The standard InChI is InChI=1S/C24H33NO2Si/c1-19(17-20(2)25-21(3)26)18-27-28(24(4,5)6,22-13-9-7-10-14-22)23-15-11-8-12-16-23/h7-17,20H,18H2,1-6H3,(H,25,26)/b19-17-/t20-/m0/s1. The van der Waals surface area contributed by atoms with E-state index in [1.54, 1.807) is 6.92 Å². The molecule has 2 rings (SSSR count). The molecule has 3 nitrogen and oxygen atoms in total. The van der Waals surface area contributed by atoms with Gasteiger partial charge in [0.15, 0.2) is 0 Å². The summed E-state index contributed by atoms with van der Waals surface area (Å²) in [6.07, 6.45) is 2.07. The Kier molecular flexibility index (Phi) is 7.39. The van der Waals surface area contributed by atoms with Crippen molar-refractivity contribution in [3.8, 4) is 0 Å². The van der Waals surface area contributed by atoms with Gasteiger partial charge in [0.05, 0.1) is 6.61 Å². The van der Waals surface area contributed by atoms with E-state index in [1.807, 2.05) is 6.92 Å². The lowest BCUT2D eigenvalue weighted by molar-refractivity contribution is -0.119. The van der Waals surface area contributed by atoms with Crippen molar-refractivity contribution in [1.82, 2.24) is 5.32 Å². The van der Waals surface area contributed by atoms with Gasteiger partial charge < -0.3 is 9.74 Å². The number of carbonyl (C=O) groups excluding carboxylic acids is 1. The van der Waals surface area contributed by atoms with Crippen LogP contribution in [0.25, 0.3) is 0 Å². The Morgan fingerprint density at radius 2 is 1.46 bits per heavy atom. The van der Waals surface area contributed by atoms with Gasteiger partial charge in [0.1, 0.15) is 0 Å². The van der Waals surface area contributed by atoms with Crippen LogP contribution in [-0.2, 0) is 9.22 Å². The number of hydrogen-bond donors (Lipinski definition) is 1. The highest BCUT2D eigenvalue weighted by Crippen LogP contribution is 2.36. The van der Waals surface area contributed by atoms with Crippen molar-refractivity contribution >= 4 is 24.6 Å². The van der Waals surface area contributed by atoms with Crippen molar-refractivity contribution in [2.45, 2.75) is 52.6 Å². The molecule has 0 unspecified atom stereocenters. The number of amides is 1. The van der Waals surface area contributed by atoms with Crippen molar-refractivity contribution in [2.24, 2.45) is 0 Å². The summed E-state index contributed by atoms with van der Waals surface area (Å²) < 4.78 is 6.89. The molecule has 1 amide bonds. The number of benzene rings is 2. The summed E-state index contributed by atoms with van der Waals surface area (Å²) in [6, 6.07) is 21.3. The Morgan fingerprint density at radius 3 is 1.86 bits per heavy atom. The van der Waals surface area contributed by atoms with Gasteiger partial charge in [0, 0.05) is 13.0 Å². The van der Waals surface area contributed by atoms with Crippen LogP contribution in [0.3, 0.4) is 0 Å². The van der Waals surface area contributed by atoms with E-state index >= 15 is 0 Å². The van der Waals surface area contributed by atoms with Crippen LogP contribution in [-0.4, -0.2) is 26.9 Å².